The molecule has 0 unspecified atom stereocenters. The second-order valence-electron chi connectivity index (χ2n) is 3.39. The fourth-order valence-electron chi connectivity index (χ4n) is 1.18. The molecule has 0 radical (unpaired) electrons. The maximum Gasteiger partial charge on any atom is 0.216 e. The van der Waals surface area contributed by atoms with Gasteiger partial charge < -0.3 is 10.6 Å². The number of carbonyl (C=O) groups is 1. The quantitative estimate of drug-likeness (QED) is 0.385. The Kier molecular flexibility index (Phi) is 11.6. The predicted octanol–water partition coefficient (Wildman–Crippen LogP) is 0.750. The zero-order valence-corrected chi connectivity index (χ0v) is 10.6. The van der Waals surface area contributed by atoms with E-state index in [2.05, 4.69) is 15.4 Å². The lowest BCUT2D eigenvalue weighted by Gasteiger charge is -2.05. The minimum absolute atomic E-state index is 0.0660. The Morgan fingerprint density at radius 2 is 1.80 bits per heavy atom. The number of rotatable bonds is 10. The second-order valence-corrected chi connectivity index (χ2v) is 4.09. The number of amides is 1. The van der Waals surface area contributed by atoms with Crippen molar-refractivity contribution in [2.75, 3.05) is 32.4 Å². The summed E-state index contributed by atoms with van der Waals surface area (Å²) >= 11 is 1.65. The molecule has 0 saturated heterocycles. The summed E-state index contributed by atoms with van der Waals surface area (Å²) in [6.45, 7) is 5.46. The third-order valence-corrected chi connectivity index (χ3v) is 2.45. The van der Waals surface area contributed by atoms with Crippen LogP contribution >= 0.6 is 11.9 Å². The van der Waals surface area contributed by atoms with E-state index >= 15 is 0 Å². The van der Waals surface area contributed by atoms with E-state index in [-0.39, 0.29) is 5.91 Å². The Morgan fingerprint density at radius 1 is 1.07 bits per heavy atom. The van der Waals surface area contributed by atoms with Crippen LogP contribution in [-0.4, -0.2) is 38.3 Å². The molecular formula is C10H23N3OS. The Hall–Kier alpha value is -0.260. The number of hydrogen-bond acceptors (Lipinski definition) is 4. The van der Waals surface area contributed by atoms with Crippen LogP contribution in [0.25, 0.3) is 0 Å². The second kappa shape index (κ2) is 11.8. The maximum atomic E-state index is 10.5. The van der Waals surface area contributed by atoms with Gasteiger partial charge in [-0.3, -0.25) is 9.52 Å². The van der Waals surface area contributed by atoms with Crippen LogP contribution in [0.15, 0.2) is 0 Å². The minimum atomic E-state index is 0.0660. The molecule has 0 aromatic heterocycles. The van der Waals surface area contributed by atoms with Gasteiger partial charge in [-0.25, -0.2) is 0 Å². The average molecular weight is 233 g/mol. The minimum Gasteiger partial charge on any atom is -0.356 e. The standard InChI is InChI=1S/C10H23N3OS/c1-10(14)12-7-5-3-4-6-11-8-9-13-15-2/h11,13H,3-9H2,1-2H3,(H,12,14). The summed E-state index contributed by atoms with van der Waals surface area (Å²) in [5.74, 6) is 0.0660. The molecule has 0 aromatic rings. The molecular weight excluding hydrogens is 210 g/mol. The summed E-state index contributed by atoms with van der Waals surface area (Å²) in [7, 11) is 0. The van der Waals surface area contributed by atoms with Crippen LogP contribution in [0.5, 0.6) is 0 Å². The molecule has 0 saturated carbocycles. The third kappa shape index (κ3) is 13.7. The van der Waals surface area contributed by atoms with Gasteiger partial charge in [-0.1, -0.05) is 18.4 Å². The zero-order valence-electron chi connectivity index (χ0n) is 9.77. The topological polar surface area (TPSA) is 53.2 Å². The van der Waals surface area contributed by atoms with Crippen molar-refractivity contribution in [2.24, 2.45) is 0 Å². The van der Waals surface area contributed by atoms with Crippen molar-refractivity contribution >= 4 is 17.9 Å². The molecule has 0 spiro atoms. The molecule has 0 aliphatic heterocycles. The van der Waals surface area contributed by atoms with Crippen LogP contribution in [0.3, 0.4) is 0 Å². The van der Waals surface area contributed by atoms with Gasteiger partial charge in [0.15, 0.2) is 0 Å². The van der Waals surface area contributed by atoms with Crippen LogP contribution in [0.4, 0.5) is 0 Å². The number of hydrogen-bond donors (Lipinski definition) is 3. The Bertz CT molecular complexity index is 156. The van der Waals surface area contributed by atoms with Crippen LogP contribution in [0, 0.1) is 0 Å². The van der Waals surface area contributed by atoms with Crippen molar-refractivity contribution in [3.8, 4) is 0 Å². The van der Waals surface area contributed by atoms with E-state index in [0.29, 0.717) is 0 Å². The molecule has 0 aliphatic carbocycles. The van der Waals surface area contributed by atoms with Gasteiger partial charge in [0, 0.05) is 26.6 Å². The highest BCUT2D eigenvalue weighted by Gasteiger charge is 1.91. The first-order valence-electron chi connectivity index (χ1n) is 5.48. The summed E-state index contributed by atoms with van der Waals surface area (Å²) < 4.78 is 3.18. The van der Waals surface area contributed by atoms with Gasteiger partial charge in [-0.2, -0.15) is 0 Å². The van der Waals surface area contributed by atoms with Gasteiger partial charge in [0.25, 0.3) is 0 Å². The predicted molar refractivity (Wildman–Crippen MR) is 66.9 cm³/mol. The van der Waals surface area contributed by atoms with Crippen LogP contribution in [0.1, 0.15) is 26.2 Å². The number of nitrogens with one attached hydrogen (secondary N) is 3. The molecule has 3 N–H and O–H groups in total. The Labute approximate surface area is 97.1 Å². The first-order chi connectivity index (χ1) is 7.27. The Morgan fingerprint density at radius 3 is 2.47 bits per heavy atom. The van der Waals surface area contributed by atoms with Crippen molar-refractivity contribution in [1.82, 2.24) is 15.4 Å². The maximum absolute atomic E-state index is 10.5. The third-order valence-electron chi connectivity index (χ3n) is 1.95. The lowest BCUT2D eigenvalue weighted by molar-refractivity contribution is -0.118. The van der Waals surface area contributed by atoms with Gasteiger partial charge in [0.1, 0.15) is 0 Å². The molecule has 0 fully saturated rings. The monoisotopic (exact) mass is 233 g/mol. The van der Waals surface area contributed by atoms with Gasteiger partial charge in [0.2, 0.25) is 5.91 Å². The SMILES string of the molecule is CSNCCNCCCCCNC(C)=O. The highest BCUT2D eigenvalue weighted by Crippen LogP contribution is 1.91. The summed E-state index contributed by atoms with van der Waals surface area (Å²) in [6.07, 6.45) is 5.45. The van der Waals surface area contributed by atoms with Crippen molar-refractivity contribution in [2.45, 2.75) is 26.2 Å². The molecule has 0 bridgehead atoms. The lowest BCUT2D eigenvalue weighted by Crippen LogP contribution is -2.25. The highest BCUT2D eigenvalue weighted by atomic mass is 32.2. The molecule has 0 atom stereocenters. The first kappa shape index (κ1) is 14.7. The van der Waals surface area contributed by atoms with E-state index < -0.39 is 0 Å². The van der Waals surface area contributed by atoms with Crippen molar-refractivity contribution in [3.63, 3.8) is 0 Å². The molecule has 15 heavy (non-hydrogen) atoms. The molecule has 90 valence electrons. The normalized spacial score (nSPS) is 10.3. The van der Waals surface area contributed by atoms with Crippen molar-refractivity contribution < 1.29 is 4.79 Å². The molecule has 4 nitrogen and oxygen atoms in total. The van der Waals surface area contributed by atoms with Gasteiger partial charge in [-0.15, -0.1) is 0 Å². The largest absolute Gasteiger partial charge is 0.356 e. The summed E-state index contributed by atoms with van der Waals surface area (Å²) in [6, 6.07) is 0. The van der Waals surface area contributed by atoms with Gasteiger partial charge in [-0.05, 0) is 25.6 Å². The van der Waals surface area contributed by atoms with Crippen LogP contribution in [0.2, 0.25) is 0 Å². The lowest BCUT2D eigenvalue weighted by atomic mass is 10.2. The van der Waals surface area contributed by atoms with Gasteiger partial charge >= 0.3 is 0 Å². The first-order valence-corrected chi connectivity index (χ1v) is 6.71. The van der Waals surface area contributed by atoms with E-state index in [1.807, 2.05) is 6.26 Å². The fraction of sp³-hybridized carbons (Fsp3) is 0.900. The van der Waals surface area contributed by atoms with Gasteiger partial charge in [0.05, 0.1) is 0 Å². The van der Waals surface area contributed by atoms with Crippen molar-refractivity contribution in [3.05, 3.63) is 0 Å². The van der Waals surface area contributed by atoms with E-state index in [1.165, 1.54) is 12.8 Å². The summed E-state index contributed by atoms with van der Waals surface area (Å²) in [5.41, 5.74) is 0. The van der Waals surface area contributed by atoms with Crippen LogP contribution < -0.4 is 15.4 Å². The van der Waals surface area contributed by atoms with Crippen molar-refractivity contribution in [1.29, 1.82) is 0 Å². The van der Waals surface area contributed by atoms with E-state index in [0.717, 1.165) is 32.6 Å². The number of unbranched alkanes of at least 4 members (excludes halogenated alkanes) is 2. The molecule has 0 heterocycles. The average Bonchev–Trinajstić information content (AvgIpc) is 2.20. The summed E-state index contributed by atoms with van der Waals surface area (Å²) in [5, 5.41) is 6.15. The zero-order chi connectivity index (χ0) is 11.4. The molecule has 0 aromatic carbocycles. The summed E-state index contributed by atoms with van der Waals surface area (Å²) in [4.78, 5) is 10.5. The highest BCUT2D eigenvalue weighted by molar-refractivity contribution is 7.96. The molecule has 5 heteroatoms. The van der Waals surface area contributed by atoms with E-state index in [9.17, 15) is 4.79 Å². The molecule has 0 aliphatic rings. The Balaban J connectivity index is 2.89. The molecule has 0 rings (SSSR count). The number of carbonyl (C=O) groups excluding carboxylic acids is 1. The van der Waals surface area contributed by atoms with E-state index in [4.69, 9.17) is 0 Å². The smallest absolute Gasteiger partial charge is 0.216 e. The van der Waals surface area contributed by atoms with Crippen LogP contribution in [-0.2, 0) is 4.79 Å². The molecule has 1 amide bonds. The fourth-order valence-corrected chi connectivity index (χ4v) is 1.49. The van der Waals surface area contributed by atoms with E-state index in [1.54, 1.807) is 18.9 Å².